The molecule has 1 saturated heterocycles. The molecule has 1 aliphatic rings. The summed E-state index contributed by atoms with van der Waals surface area (Å²) in [6, 6.07) is 7.46. The molecule has 2 N–H and O–H groups in total. The van der Waals surface area contributed by atoms with Crippen molar-refractivity contribution in [3.8, 4) is 11.4 Å². The van der Waals surface area contributed by atoms with Crippen molar-refractivity contribution in [2.45, 2.75) is 18.8 Å². The lowest BCUT2D eigenvalue weighted by atomic mass is 10.0. The number of aromatic nitrogens is 2. The van der Waals surface area contributed by atoms with Crippen LogP contribution in [0.4, 0.5) is 5.69 Å². The van der Waals surface area contributed by atoms with Crippen molar-refractivity contribution in [1.29, 1.82) is 0 Å². The lowest BCUT2D eigenvalue weighted by molar-refractivity contribution is 0.0778. The monoisotopic (exact) mass is 245 g/mol. The molecule has 0 aliphatic carbocycles. The third kappa shape index (κ3) is 2.22. The van der Waals surface area contributed by atoms with E-state index in [1.807, 2.05) is 24.3 Å². The zero-order valence-electron chi connectivity index (χ0n) is 10.0. The summed E-state index contributed by atoms with van der Waals surface area (Å²) in [5, 5.41) is 4.02. The fourth-order valence-electron chi connectivity index (χ4n) is 2.10. The molecule has 18 heavy (non-hydrogen) atoms. The van der Waals surface area contributed by atoms with Gasteiger partial charge >= 0.3 is 0 Å². The Kier molecular flexibility index (Phi) is 2.98. The highest BCUT2D eigenvalue weighted by molar-refractivity contribution is 5.58. The molecule has 2 heterocycles. The van der Waals surface area contributed by atoms with Crippen LogP contribution in [0, 0.1) is 0 Å². The zero-order chi connectivity index (χ0) is 12.4. The third-order valence-corrected chi connectivity index (χ3v) is 3.18. The van der Waals surface area contributed by atoms with E-state index >= 15 is 0 Å². The highest BCUT2D eigenvalue weighted by Gasteiger charge is 2.22. The van der Waals surface area contributed by atoms with E-state index in [4.69, 9.17) is 15.0 Å². The maximum Gasteiger partial charge on any atom is 0.230 e. The van der Waals surface area contributed by atoms with Gasteiger partial charge in [-0.3, -0.25) is 0 Å². The average molecular weight is 245 g/mol. The minimum atomic E-state index is 0.328. The molecule has 0 saturated carbocycles. The van der Waals surface area contributed by atoms with Gasteiger partial charge in [-0.15, -0.1) is 0 Å². The third-order valence-electron chi connectivity index (χ3n) is 3.18. The van der Waals surface area contributed by atoms with Crippen LogP contribution in [0.15, 0.2) is 28.8 Å². The van der Waals surface area contributed by atoms with Crippen molar-refractivity contribution in [2.24, 2.45) is 0 Å². The molecule has 2 aromatic rings. The van der Waals surface area contributed by atoms with Gasteiger partial charge in [0.15, 0.2) is 0 Å². The number of hydrogen-bond donors (Lipinski definition) is 1. The van der Waals surface area contributed by atoms with Crippen LogP contribution in [0.1, 0.15) is 24.7 Å². The van der Waals surface area contributed by atoms with Gasteiger partial charge in [0.05, 0.1) is 0 Å². The van der Waals surface area contributed by atoms with E-state index in [0.29, 0.717) is 17.6 Å². The van der Waals surface area contributed by atoms with E-state index in [1.165, 1.54) is 0 Å². The summed E-state index contributed by atoms with van der Waals surface area (Å²) in [4.78, 5) is 4.46. The lowest BCUT2D eigenvalue weighted by Crippen LogP contribution is -2.14. The maximum atomic E-state index is 5.65. The quantitative estimate of drug-likeness (QED) is 0.821. The number of benzene rings is 1. The minimum absolute atomic E-state index is 0.328. The summed E-state index contributed by atoms with van der Waals surface area (Å²) in [6.07, 6.45) is 1.90. The van der Waals surface area contributed by atoms with Crippen molar-refractivity contribution in [3.63, 3.8) is 0 Å². The number of nitrogens with two attached hydrogens (primary N) is 1. The van der Waals surface area contributed by atoms with Crippen LogP contribution in [0.5, 0.6) is 0 Å². The number of nitrogens with zero attached hydrogens (tertiary/aromatic N) is 2. The molecule has 1 aliphatic heterocycles. The Hall–Kier alpha value is -1.88. The van der Waals surface area contributed by atoms with Crippen LogP contribution in [-0.2, 0) is 4.74 Å². The summed E-state index contributed by atoms with van der Waals surface area (Å²) < 4.78 is 10.7. The number of hydrogen-bond acceptors (Lipinski definition) is 5. The summed E-state index contributed by atoms with van der Waals surface area (Å²) in [6.45, 7) is 1.54. The molecule has 1 aromatic heterocycles. The number of anilines is 1. The van der Waals surface area contributed by atoms with Gasteiger partial charge in [-0.05, 0) is 37.1 Å². The van der Waals surface area contributed by atoms with E-state index in [2.05, 4.69) is 10.1 Å². The Morgan fingerprint density at radius 1 is 1.11 bits per heavy atom. The van der Waals surface area contributed by atoms with Gasteiger partial charge in [-0.25, -0.2) is 0 Å². The van der Waals surface area contributed by atoms with Gasteiger partial charge in [0.1, 0.15) is 0 Å². The van der Waals surface area contributed by atoms with Gasteiger partial charge in [0.25, 0.3) is 0 Å². The van der Waals surface area contributed by atoms with Gasteiger partial charge in [-0.2, -0.15) is 4.98 Å². The van der Waals surface area contributed by atoms with Crippen LogP contribution in [-0.4, -0.2) is 23.4 Å². The zero-order valence-corrected chi connectivity index (χ0v) is 10.0. The van der Waals surface area contributed by atoms with Crippen molar-refractivity contribution in [2.75, 3.05) is 18.9 Å². The Bertz CT molecular complexity index is 515. The Morgan fingerprint density at radius 2 is 1.83 bits per heavy atom. The number of nitrogen functional groups attached to an aromatic ring is 1. The Balaban J connectivity index is 1.82. The van der Waals surface area contributed by atoms with Crippen molar-refractivity contribution in [1.82, 2.24) is 10.1 Å². The predicted octanol–water partition coefficient (Wildman–Crippen LogP) is 2.21. The van der Waals surface area contributed by atoms with E-state index < -0.39 is 0 Å². The highest BCUT2D eigenvalue weighted by Crippen LogP contribution is 2.27. The smallest absolute Gasteiger partial charge is 0.230 e. The van der Waals surface area contributed by atoms with Crippen molar-refractivity contribution >= 4 is 5.69 Å². The van der Waals surface area contributed by atoms with Gasteiger partial charge in [0, 0.05) is 30.4 Å². The standard InChI is InChI=1S/C13H15N3O2/c14-11-3-1-9(2-4-11)12-15-13(18-16-12)10-5-7-17-8-6-10/h1-4,10H,5-8,14H2. The molecule has 0 atom stereocenters. The summed E-state index contributed by atoms with van der Waals surface area (Å²) in [5.41, 5.74) is 7.30. The van der Waals surface area contributed by atoms with Crippen LogP contribution >= 0.6 is 0 Å². The molecule has 0 bridgehead atoms. The molecule has 5 nitrogen and oxygen atoms in total. The normalized spacial score (nSPS) is 16.9. The fourth-order valence-corrected chi connectivity index (χ4v) is 2.10. The van der Waals surface area contributed by atoms with Crippen LogP contribution < -0.4 is 5.73 Å². The van der Waals surface area contributed by atoms with Crippen LogP contribution in [0.3, 0.4) is 0 Å². The van der Waals surface area contributed by atoms with E-state index in [1.54, 1.807) is 0 Å². The average Bonchev–Trinajstić information content (AvgIpc) is 2.90. The summed E-state index contributed by atoms with van der Waals surface area (Å²) in [5.74, 6) is 1.66. The molecule has 94 valence electrons. The predicted molar refractivity (Wildman–Crippen MR) is 66.9 cm³/mol. The van der Waals surface area contributed by atoms with Crippen LogP contribution in [0.25, 0.3) is 11.4 Å². The molecule has 1 fully saturated rings. The highest BCUT2D eigenvalue weighted by atomic mass is 16.5. The topological polar surface area (TPSA) is 74.2 Å². The molecular weight excluding hydrogens is 230 g/mol. The lowest BCUT2D eigenvalue weighted by Gasteiger charge is -2.17. The first-order valence-corrected chi connectivity index (χ1v) is 6.10. The molecular formula is C13H15N3O2. The molecule has 0 amide bonds. The molecule has 5 heteroatoms. The van der Waals surface area contributed by atoms with Crippen molar-refractivity contribution in [3.05, 3.63) is 30.2 Å². The van der Waals surface area contributed by atoms with E-state index in [9.17, 15) is 0 Å². The van der Waals surface area contributed by atoms with Gasteiger partial charge < -0.3 is 15.0 Å². The fraction of sp³-hybridized carbons (Fsp3) is 0.385. The van der Waals surface area contributed by atoms with Gasteiger partial charge in [0.2, 0.25) is 11.7 Å². The maximum absolute atomic E-state index is 5.65. The summed E-state index contributed by atoms with van der Waals surface area (Å²) >= 11 is 0. The first-order valence-electron chi connectivity index (χ1n) is 6.10. The second-order valence-corrected chi connectivity index (χ2v) is 4.46. The van der Waals surface area contributed by atoms with E-state index in [-0.39, 0.29) is 0 Å². The second-order valence-electron chi connectivity index (χ2n) is 4.46. The van der Waals surface area contributed by atoms with Crippen LogP contribution in [0.2, 0.25) is 0 Å². The molecule has 0 spiro atoms. The largest absolute Gasteiger partial charge is 0.399 e. The number of ether oxygens (including phenoxy) is 1. The molecule has 3 rings (SSSR count). The summed E-state index contributed by atoms with van der Waals surface area (Å²) in [7, 11) is 0. The SMILES string of the molecule is Nc1ccc(-c2noc(C3CCOCC3)n2)cc1. The van der Waals surface area contributed by atoms with Gasteiger partial charge in [-0.1, -0.05) is 5.16 Å². The Morgan fingerprint density at radius 3 is 2.56 bits per heavy atom. The molecule has 0 radical (unpaired) electrons. The molecule has 0 unspecified atom stereocenters. The first kappa shape index (κ1) is 11.2. The number of rotatable bonds is 2. The Labute approximate surface area is 105 Å². The first-order chi connectivity index (χ1) is 8.83. The minimum Gasteiger partial charge on any atom is -0.399 e. The van der Waals surface area contributed by atoms with E-state index in [0.717, 1.165) is 37.3 Å². The second kappa shape index (κ2) is 4.78. The van der Waals surface area contributed by atoms with Crippen molar-refractivity contribution < 1.29 is 9.26 Å². The molecule has 1 aromatic carbocycles.